The van der Waals surface area contributed by atoms with Gasteiger partial charge in [-0.15, -0.1) is 11.3 Å². The van der Waals surface area contributed by atoms with E-state index in [4.69, 9.17) is 0 Å². The lowest BCUT2D eigenvalue weighted by Crippen LogP contribution is -2.00. The van der Waals surface area contributed by atoms with Crippen molar-refractivity contribution in [2.45, 2.75) is 6.10 Å². The molecule has 2 heterocycles. The van der Waals surface area contributed by atoms with Gasteiger partial charge in [0, 0.05) is 10.7 Å². The Balaban J connectivity index is 2.32. The zero-order chi connectivity index (χ0) is 10.8. The maximum atomic E-state index is 10.0. The molecular formula is C9H6Br2N2OS. The fourth-order valence-electron chi connectivity index (χ4n) is 1.10. The predicted octanol–water partition coefficient (Wildman–Crippen LogP) is 3.14. The first-order valence-electron chi connectivity index (χ1n) is 4.07. The van der Waals surface area contributed by atoms with Crippen LogP contribution in [0.15, 0.2) is 32.9 Å². The Hall–Kier alpha value is -0.300. The molecule has 1 N–H and O–H groups in total. The first-order valence-corrected chi connectivity index (χ1v) is 6.53. The number of aliphatic hydroxyl groups excluding tert-OH is 1. The molecule has 0 saturated carbocycles. The first-order chi connectivity index (χ1) is 7.18. The normalized spacial score (nSPS) is 12.7. The van der Waals surface area contributed by atoms with Crippen molar-refractivity contribution in [3.63, 3.8) is 0 Å². The summed E-state index contributed by atoms with van der Waals surface area (Å²) in [5, 5.41) is 10.0. The van der Waals surface area contributed by atoms with Gasteiger partial charge in [0.25, 0.3) is 0 Å². The highest BCUT2D eigenvalue weighted by molar-refractivity contribution is 9.10. The van der Waals surface area contributed by atoms with E-state index in [-0.39, 0.29) is 0 Å². The molecule has 0 saturated heterocycles. The third kappa shape index (κ3) is 2.44. The van der Waals surface area contributed by atoms with Gasteiger partial charge in [0.1, 0.15) is 10.7 Å². The van der Waals surface area contributed by atoms with Crippen LogP contribution in [0.25, 0.3) is 0 Å². The monoisotopic (exact) mass is 348 g/mol. The molecule has 1 atom stereocenters. The first kappa shape index (κ1) is 11.2. The molecule has 0 aromatic carbocycles. The molecule has 0 amide bonds. The summed E-state index contributed by atoms with van der Waals surface area (Å²) < 4.78 is 1.56. The quantitative estimate of drug-likeness (QED) is 0.905. The van der Waals surface area contributed by atoms with Gasteiger partial charge in [-0.3, -0.25) is 4.98 Å². The van der Waals surface area contributed by atoms with E-state index in [1.54, 1.807) is 17.8 Å². The molecule has 2 aromatic heterocycles. The minimum atomic E-state index is -0.722. The van der Waals surface area contributed by atoms with Crippen molar-refractivity contribution in [2.75, 3.05) is 0 Å². The van der Waals surface area contributed by atoms with Gasteiger partial charge in [-0.1, -0.05) is 0 Å². The van der Waals surface area contributed by atoms with E-state index in [2.05, 4.69) is 41.8 Å². The molecule has 0 spiro atoms. The molecule has 15 heavy (non-hydrogen) atoms. The van der Waals surface area contributed by atoms with Gasteiger partial charge in [-0.25, -0.2) is 4.98 Å². The number of aromatic nitrogens is 2. The molecule has 0 aliphatic rings. The average Bonchev–Trinajstić information content (AvgIpc) is 2.65. The van der Waals surface area contributed by atoms with Crippen molar-refractivity contribution < 1.29 is 5.11 Å². The Morgan fingerprint density at radius 2 is 2.07 bits per heavy atom. The van der Waals surface area contributed by atoms with Gasteiger partial charge in [0.2, 0.25) is 0 Å². The van der Waals surface area contributed by atoms with Gasteiger partial charge in [-0.05, 0) is 44.0 Å². The van der Waals surface area contributed by atoms with Crippen LogP contribution in [0.4, 0.5) is 0 Å². The Bertz CT molecular complexity index is 457. The number of hydrogen-bond acceptors (Lipinski definition) is 4. The lowest BCUT2D eigenvalue weighted by Gasteiger charge is -2.07. The van der Waals surface area contributed by atoms with Gasteiger partial charge >= 0.3 is 0 Å². The van der Waals surface area contributed by atoms with Gasteiger partial charge < -0.3 is 5.11 Å². The maximum absolute atomic E-state index is 10.0. The van der Waals surface area contributed by atoms with Crippen LogP contribution in [0.1, 0.15) is 16.7 Å². The van der Waals surface area contributed by atoms with Crippen molar-refractivity contribution in [3.8, 4) is 0 Å². The fourth-order valence-corrected chi connectivity index (χ4v) is 2.74. The summed E-state index contributed by atoms with van der Waals surface area (Å²) in [5.74, 6) is 0. The Labute approximate surface area is 107 Å². The summed E-state index contributed by atoms with van der Waals surface area (Å²) >= 11 is 7.97. The Morgan fingerprint density at radius 3 is 2.60 bits per heavy atom. The highest BCUT2D eigenvalue weighted by atomic mass is 79.9. The minimum Gasteiger partial charge on any atom is -0.381 e. The average molecular weight is 350 g/mol. The van der Waals surface area contributed by atoms with Crippen molar-refractivity contribution in [1.29, 1.82) is 0 Å². The Kier molecular flexibility index (Phi) is 3.50. The van der Waals surface area contributed by atoms with E-state index < -0.39 is 6.10 Å². The molecule has 0 aliphatic carbocycles. The molecule has 0 radical (unpaired) electrons. The Morgan fingerprint density at radius 1 is 1.27 bits per heavy atom. The molecule has 2 aromatic rings. The second-order valence-electron chi connectivity index (χ2n) is 2.81. The molecule has 6 heteroatoms. The van der Waals surface area contributed by atoms with Crippen LogP contribution < -0.4 is 0 Å². The molecule has 2 rings (SSSR count). The van der Waals surface area contributed by atoms with E-state index in [1.807, 2.05) is 6.07 Å². The zero-order valence-electron chi connectivity index (χ0n) is 7.39. The van der Waals surface area contributed by atoms with Crippen LogP contribution in [0, 0.1) is 0 Å². The number of pyridine rings is 1. The van der Waals surface area contributed by atoms with Crippen LogP contribution in [-0.4, -0.2) is 15.1 Å². The molecule has 0 aliphatic heterocycles. The van der Waals surface area contributed by atoms with Gasteiger partial charge in [0.05, 0.1) is 16.1 Å². The van der Waals surface area contributed by atoms with Gasteiger partial charge in [0.15, 0.2) is 0 Å². The highest BCUT2D eigenvalue weighted by Crippen LogP contribution is 2.30. The largest absolute Gasteiger partial charge is 0.381 e. The molecular weight excluding hydrogens is 344 g/mol. The van der Waals surface area contributed by atoms with Crippen LogP contribution in [0.3, 0.4) is 0 Å². The number of hydrogen-bond donors (Lipinski definition) is 1. The molecule has 78 valence electrons. The van der Waals surface area contributed by atoms with Crippen LogP contribution in [0.5, 0.6) is 0 Å². The number of nitrogens with zero attached hydrogens (tertiary/aromatic N) is 2. The second-order valence-corrected chi connectivity index (χ2v) is 5.36. The molecule has 0 bridgehead atoms. The zero-order valence-corrected chi connectivity index (χ0v) is 11.4. The van der Waals surface area contributed by atoms with Crippen LogP contribution >= 0.6 is 43.2 Å². The van der Waals surface area contributed by atoms with Crippen LogP contribution in [0.2, 0.25) is 0 Å². The second kappa shape index (κ2) is 4.69. The van der Waals surface area contributed by atoms with E-state index in [1.165, 1.54) is 11.3 Å². The minimum absolute atomic E-state index is 0.614. The van der Waals surface area contributed by atoms with Crippen molar-refractivity contribution in [1.82, 2.24) is 9.97 Å². The van der Waals surface area contributed by atoms with E-state index >= 15 is 0 Å². The smallest absolute Gasteiger partial charge is 0.133 e. The summed E-state index contributed by atoms with van der Waals surface area (Å²) in [6.45, 7) is 0. The van der Waals surface area contributed by atoms with E-state index in [0.29, 0.717) is 10.3 Å². The number of halogens is 2. The summed E-state index contributed by atoms with van der Waals surface area (Å²) in [6.07, 6.45) is 0.938. The third-order valence-corrected chi connectivity index (χ3v) is 4.07. The molecule has 3 nitrogen and oxygen atoms in total. The lowest BCUT2D eigenvalue weighted by molar-refractivity contribution is 0.218. The molecule has 0 fully saturated rings. The maximum Gasteiger partial charge on any atom is 0.133 e. The number of aliphatic hydroxyl groups is 1. The van der Waals surface area contributed by atoms with E-state index in [0.717, 1.165) is 9.35 Å². The number of thiazole rings is 1. The standard InChI is InChI=1S/C9H6Br2N2OS/c10-5-1-2-6(12-3-5)7(14)8-9(11)13-4-15-8/h1-4,7,14H. The lowest BCUT2D eigenvalue weighted by atomic mass is 10.2. The van der Waals surface area contributed by atoms with Crippen molar-refractivity contribution in [3.05, 3.63) is 43.5 Å². The molecule has 1 unspecified atom stereocenters. The van der Waals surface area contributed by atoms with Gasteiger partial charge in [-0.2, -0.15) is 0 Å². The SMILES string of the molecule is OC(c1ccc(Br)cn1)c1scnc1Br. The fraction of sp³-hybridized carbons (Fsp3) is 0.111. The van der Waals surface area contributed by atoms with Crippen molar-refractivity contribution >= 4 is 43.2 Å². The van der Waals surface area contributed by atoms with Crippen LogP contribution in [-0.2, 0) is 0 Å². The topological polar surface area (TPSA) is 46.0 Å². The summed E-state index contributed by atoms with van der Waals surface area (Å²) in [6, 6.07) is 3.63. The van der Waals surface area contributed by atoms with E-state index in [9.17, 15) is 5.11 Å². The van der Waals surface area contributed by atoms with Crippen molar-refractivity contribution in [2.24, 2.45) is 0 Å². The number of rotatable bonds is 2. The highest BCUT2D eigenvalue weighted by Gasteiger charge is 2.16. The predicted molar refractivity (Wildman–Crippen MR) is 65.8 cm³/mol. The summed E-state index contributed by atoms with van der Waals surface area (Å²) in [4.78, 5) is 8.92. The third-order valence-electron chi connectivity index (χ3n) is 1.83. The summed E-state index contributed by atoms with van der Waals surface area (Å²) in [5.41, 5.74) is 2.30. The summed E-state index contributed by atoms with van der Waals surface area (Å²) in [7, 11) is 0.